The predicted octanol–water partition coefficient (Wildman–Crippen LogP) is 3.17. The molecule has 2 aromatic rings. The van der Waals surface area contributed by atoms with E-state index >= 15 is 0 Å². The highest BCUT2D eigenvalue weighted by Crippen LogP contribution is 2.24. The van der Waals surface area contributed by atoms with Gasteiger partial charge in [-0.1, -0.05) is 6.07 Å². The number of nitrogen functional groups attached to an aromatic ring is 1. The average molecular weight is 284 g/mol. The zero-order valence-electron chi connectivity index (χ0n) is 12.8. The summed E-state index contributed by atoms with van der Waals surface area (Å²) in [6, 6.07) is 11.1. The molecule has 0 radical (unpaired) electrons. The number of hydrogen-bond donors (Lipinski definition) is 1. The van der Waals surface area contributed by atoms with Crippen molar-refractivity contribution in [2.45, 2.75) is 13.8 Å². The number of methoxy groups -OCH3 is 1. The van der Waals surface area contributed by atoms with Crippen molar-refractivity contribution in [1.82, 2.24) is 0 Å². The number of nitrogens with zero attached hydrogens (tertiary/aromatic N) is 1. The molecule has 0 bridgehead atoms. The van der Waals surface area contributed by atoms with Gasteiger partial charge in [0, 0.05) is 24.5 Å². The molecule has 110 valence electrons. The molecule has 0 aromatic heterocycles. The molecule has 0 aliphatic heterocycles. The summed E-state index contributed by atoms with van der Waals surface area (Å²) < 4.78 is 5.10. The molecular formula is C17H20N2O2. The maximum atomic E-state index is 12.6. The van der Waals surface area contributed by atoms with Gasteiger partial charge in [0.2, 0.25) is 0 Å². The number of benzene rings is 2. The summed E-state index contributed by atoms with van der Waals surface area (Å²) in [4.78, 5) is 14.2. The normalized spacial score (nSPS) is 10.3. The fourth-order valence-electron chi connectivity index (χ4n) is 2.30. The van der Waals surface area contributed by atoms with Gasteiger partial charge in [0.05, 0.1) is 12.7 Å². The van der Waals surface area contributed by atoms with Crippen molar-refractivity contribution in [3.8, 4) is 5.75 Å². The van der Waals surface area contributed by atoms with Crippen molar-refractivity contribution in [2.75, 3.05) is 24.8 Å². The van der Waals surface area contributed by atoms with Gasteiger partial charge >= 0.3 is 0 Å². The summed E-state index contributed by atoms with van der Waals surface area (Å²) in [5.74, 6) is 0.498. The van der Waals surface area contributed by atoms with Crippen molar-refractivity contribution in [3.05, 3.63) is 53.1 Å². The maximum absolute atomic E-state index is 12.6. The molecule has 0 fully saturated rings. The second-order valence-electron chi connectivity index (χ2n) is 5.16. The summed E-state index contributed by atoms with van der Waals surface area (Å²) in [5, 5.41) is 0. The lowest BCUT2D eigenvalue weighted by molar-refractivity contribution is 0.0994. The number of aryl methyl sites for hydroxylation is 2. The van der Waals surface area contributed by atoms with Crippen LogP contribution in [0.4, 0.5) is 11.4 Å². The fraction of sp³-hybridized carbons (Fsp3) is 0.235. The Morgan fingerprint density at radius 2 is 1.71 bits per heavy atom. The molecule has 21 heavy (non-hydrogen) atoms. The van der Waals surface area contributed by atoms with E-state index in [4.69, 9.17) is 10.5 Å². The largest absolute Gasteiger partial charge is 0.497 e. The molecule has 0 aliphatic carbocycles. The number of carbonyl (C=O) groups is 1. The molecule has 2 N–H and O–H groups in total. The number of anilines is 2. The van der Waals surface area contributed by atoms with Gasteiger partial charge < -0.3 is 15.4 Å². The molecule has 2 rings (SSSR count). The third-order valence-corrected chi connectivity index (χ3v) is 3.39. The molecule has 0 unspecified atom stereocenters. The molecule has 0 saturated heterocycles. The minimum atomic E-state index is -0.139. The molecule has 4 nitrogen and oxygen atoms in total. The number of carbonyl (C=O) groups excluding carboxylic acids is 1. The first-order valence-corrected chi connectivity index (χ1v) is 6.72. The monoisotopic (exact) mass is 284 g/mol. The van der Waals surface area contributed by atoms with E-state index in [1.54, 1.807) is 37.3 Å². The fourth-order valence-corrected chi connectivity index (χ4v) is 2.30. The van der Waals surface area contributed by atoms with Crippen LogP contribution in [0.1, 0.15) is 21.5 Å². The van der Waals surface area contributed by atoms with Crippen molar-refractivity contribution >= 4 is 17.3 Å². The summed E-state index contributed by atoms with van der Waals surface area (Å²) in [5.41, 5.74) is 9.92. The summed E-state index contributed by atoms with van der Waals surface area (Å²) in [7, 11) is 3.32. The van der Waals surface area contributed by atoms with E-state index in [0.29, 0.717) is 17.0 Å². The predicted molar refractivity (Wildman–Crippen MR) is 86.1 cm³/mol. The zero-order chi connectivity index (χ0) is 15.6. The van der Waals surface area contributed by atoms with Crippen LogP contribution in [0.2, 0.25) is 0 Å². The number of nitrogens with two attached hydrogens (primary N) is 1. The first-order chi connectivity index (χ1) is 9.92. The van der Waals surface area contributed by atoms with Crippen LogP contribution in [0.15, 0.2) is 36.4 Å². The van der Waals surface area contributed by atoms with Gasteiger partial charge in [-0.3, -0.25) is 4.79 Å². The first-order valence-electron chi connectivity index (χ1n) is 6.72. The van der Waals surface area contributed by atoms with E-state index in [2.05, 4.69) is 6.07 Å². The smallest absolute Gasteiger partial charge is 0.260 e. The second kappa shape index (κ2) is 5.87. The quantitative estimate of drug-likeness (QED) is 0.881. The average Bonchev–Trinajstić information content (AvgIpc) is 2.44. The van der Waals surface area contributed by atoms with Crippen LogP contribution < -0.4 is 15.4 Å². The number of amides is 1. The lowest BCUT2D eigenvalue weighted by atomic mass is 10.1. The molecule has 2 aromatic carbocycles. The maximum Gasteiger partial charge on any atom is 0.260 e. The summed E-state index contributed by atoms with van der Waals surface area (Å²) in [6.45, 7) is 4.02. The Hall–Kier alpha value is -2.49. The van der Waals surface area contributed by atoms with E-state index in [0.717, 1.165) is 16.8 Å². The Balaban J connectivity index is 2.34. The van der Waals surface area contributed by atoms with Gasteiger partial charge in [0.15, 0.2) is 0 Å². The zero-order valence-corrected chi connectivity index (χ0v) is 12.8. The number of ether oxygens (including phenoxy) is 1. The lowest BCUT2D eigenvalue weighted by Gasteiger charge is -2.19. The van der Waals surface area contributed by atoms with Gasteiger partial charge in [0.25, 0.3) is 5.91 Å². The second-order valence-corrected chi connectivity index (χ2v) is 5.16. The Bertz CT molecular complexity index is 660. The topological polar surface area (TPSA) is 55.6 Å². The van der Waals surface area contributed by atoms with Gasteiger partial charge in [-0.05, 0) is 49.2 Å². The van der Waals surface area contributed by atoms with Crippen LogP contribution in [0.5, 0.6) is 5.75 Å². The molecule has 0 spiro atoms. The Kier molecular flexibility index (Phi) is 4.17. The Morgan fingerprint density at radius 3 is 2.24 bits per heavy atom. The van der Waals surface area contributed by atoms with Crippen LogP contribution in [0.3, 0.4) is 0 Å². The van der Waals surface area contributed by atoms with Crippen LogP contribution in [-0.4, -0.2) is 20.1 Å². The molecule has 0 heterocycles. The molecule has 4 heteroatoms. The van der Waals surface area contributed by atoms with E-state index in [-0.39, 0.29) is 5.91 Å². The highest BCUT2D eigenvalue weighted by atomic mass is 16.5. The first kappa shape index (κ1) is 14.9. The SMILES string of the molecule is COc1ccc(C(=O)N(C)c2cc(C)cc(C)c2)c(N)c1. The van der Waals surface area contributed by atoms with Gasteiger partial charge in [-0.15, -0.1) is 0 Å². The van der Waals surface area contributed by atoms with Crippen LogP contribution in [-0.2, 0) is 0 Å². The standard InChI is InChI=1S/C17H20N2O2/c1-11-7-12(2)9-13(8-11)19(3)17(20)15-6-5-14(21-4)10-16(15)18/h5-10H,18H2,1-4H3. The number of hydrogen-bond acceptors (Lipinski definition) is 3. The molecule has 1 amide bonds. The van der Waals surface area contributed by atoms with Crippen molar-refractivity contribution < 1.29 is 9.53 Å². The Morgan fingerprint density at radius 1 is 1.10 bits per heavy atom. The van der Waals surface area contributed by atoms with Gasteiger partial charge in [0.1, 0.15) is 5.75 Å². The van der Waals surface area contributed by atoms with Gasteiger partial charge in [-0.2, -0.15) is 0 Å². The minimum Gasteiger partial charge on any atom is -0.497 e. The Labute approximate surface area is 125 Å². The number of rotatable bonds is 3. The highest BCUT2D eigenvalue weighted by molar-refractivity contribution is 6.09. The minimum absolute atomic E-state index is 0.139. The van der Waals surface area contributed by atoms with E-state index in [9.17, 15) is 4.79 Å². The van der Waals surface area contributed by atoms with Crippen molar-refractivity contribution in [3.63, 3.8) is 0 Å². The third kappa shape index (κ3) is 3.16. The molecule has 0 aliphatic rings. The van der Waals surface area contributed by atoms with E-state index in [1.165, 1.54) is 0 Å². The van der Waals surface area contributed by atoms with E-state index < -0.39 is 0 Å². The summed E-state index contributed by atoms with van der Waals surface area (Å²) >= 11 is 0. The van der Waals surface area contributed by atoms with Crippen molar-refractivity contribution in [1.29, 1.82) is 0 Å². The lowest BCUT2D eigenvalue weighted by Crippen LogP contribution is -2.27. The van der Waals surface area contributed by atoms with Crippen LogP contribution in [0, 0.1) is 13.8 Å². The summed E-state index contributed by atoms with van der Waals surface area (Å²) in [6.07, 6.45) is 0. The van der Waals surface area contributed by atoms with Gasteiger partial charge in [-0.25, -0.2) is 0 Å². The molecule has 0 saturated carbocycles. The van der Waals surface area contributed by atoms with Crippen molar-refractivity contribution in [2.24, 2.45) is 0 Å². The highest BCUT2D eigenvalue weighted by Gasteiger charge is 2.17. The molecule has 0 atom stereocenters. The van der Waals surface area contributed by atoms with E-state index in [1.807, 2.05) is 26.0 Å². The molecular weight excluding hydrogens is 264 g/mol. The van der Waals surface area contributed by atoms with Crippen LogP contribution >= 0.6 is 0 Å². The third-order valence-electron chi connectivity index (χ3n) is 3.39. The van der Waals surface area contributed by atoms with Crippen LogP contribution in [0.25, 0.3) is 0 Å².